The van der Waals surface area contributed by atoms with Crippen LogP contribution in [0.1, 0.15) is 59.9 Å². The van der Waals surface area contributed by atoms with Crippen LogP contribution in [0.15, 0.2) is 42.5 Å². The molecule has 1 aliphatic carbocycles. The van der Waals surface area contributed by atoms with Crippen molar-refractivity contribution in [2.75, 3.05) is 25.6 Å². The summed E-state index contributed by atoms with van der Waals surface area (Å²) in [5.41, 5.74) is 4.67. The fraction of sp³-hybridized carbons (Fsp3) is 0.500. The third-order valence-electron chi connectivity index (χ3n) is 8.98. The summed E-state index contributed by atoms with van der Waals surface area (Å²) < 4.78 is 7.55. The number of fused-ring (bicyclic) bond motifs is 4. The fourth-order valence-corrected chi connectivity index (χ4v) is 6.95. The molecule has 2 aliphatic heterocycles. The van der Waals surface area contributed by atoms with Gasteiger partial charge in [0, 0.05) is 43.9 Å². The van der Waals surface area contributed by atoms with E-state index in [0.29, 0.717) is 18.1 Å². The second-order valence-corrected chi connectivity index (χ2v) is 11.1. The molecule has 1 saturated heterocycles. The second kappa shape index (κ2) is 10.1. The molecule has 0 radical (unpaired) electrons. The number of ether oxygens (including phenoxy) is 1. The number of aryl methyl sites for hydroxylation is 2. The summed E-state index contributed by atoms with van der Waals surface area (Å²) in [6.45, 7) is 3.30. The molecule has 0 bridgehead atoms. The zero-order chi connectivity index (χ0) is 26.4. The molecule has 2 amide bonds. The number of hydrogen-bond donors (Lipinski definition) is 2. The van der Waals surface area contributed by atoms with Gasteiger partial charge in [0.2, 0.25) is 5.91 Å². The van der Waals surface area contributed by atoms with Crippen LogP contribution in [-0.4, -0.2) is 58.6 Å². The van der Waals surface area contributed by atoms with Crippen LogP contribution in [0.4, 0.5) is 5.69 Å². The molecule has 5 atom stereocenters. The van der Waals surface area contributed by atoms with E-state index >= 15 is 0 Å². The van der Waals surface area contributed by atoms with E-state index in [1.54, 1.807) is 7.11 Å². The maximum atomic E-state index is 14.2. The van der Waals surface area contributed by atoms with E-state index in [0.717, 1.165) is 61.2 Å². The first-order chi connectivity index (χ1) is 18.5. The Morgan fingerprint density at radius 2 is 1.95 bits per heavy atom. The highest BCUT2D eigenvalue weighted by molar-refractivity contribution is 5.98. The number of imidazole rings is 1. The van der Waals surface area contributed by atoms with Gasteiger partial charge in [-0.05, 0) is 56.0 Å². The van der Waals surface area contributed by atoms with Gasteiger partial charge in [-0.15, -0.1) is 0 Å². The number of rotatable bonds is 5. The molecule has 38 heavy (non-hydrogen) atoms. The number of methoxy groups -OCH3 is 1. The van der Waals surface area contributed by atoms with Crippen molar-refractivity contribution in [3.8, 4) is 0 Å². The Morgan fingerprint density at radius 1 is 1.13 bits per heavy atom. The molecular formula is C30H37N5O3. The number of aromatic nitrogens is 2. The molecular weight excluding hydrogens is 478 g/mol. The highest BCUT2D eigenvalue weighted by Crippen LogP contribution is 2.47. The number of carbonyl (C=O) groups is 2. The highest BCUT2D eigenvalue weighted by Gasteiger charge is 2.48. The highest BCUT2D eigenvalue weighted by atomic mass is 16.5. The van der Waals surface area contributed by atoms with Crippen molar-refractivity contribution >= 4 is 28.5 Å². The van der Waals surface area contributed by atoms with Gasteiger partial charge in [0.1, 0.15) is 5.82 Å². The number of nitrogens with one attached hydrogen (secondary N) is 2. The van der Waals surface area contributed by atoms with E-state index < -0.39 is 0 Å². The molecule has 8 nitrogen and oxygen atoms in total. The van der Waals surface area contributed by atoms with Crippen LogP contribution in [0.25, 0.3) is 11.0 Å². The number of para-hydroxylation sites is 1. The molecule has 2 N–H and O–H groups in total. The lowest BCUT2D eigenvalue weighted by molar-refractivity contribution is -0.139. The largest absolute Gasteiger partial charge is 0.383 e. The van der Waals surface area contributed by atoms with E-state index in [1.807, 2.05) is 42.8 Å². The summed E-state index contributed by atoms with van der Waals surface area (Å²) in [5.74, 6) is 1.04. The number of likely N-dealkylation sites (tertiary alicyclic amines) is 1. The van der Waals surface area contributed by atoms with Crippen LogP contribution in [0.3, 0.4) is 0 Å². The van der Waals surface area contributed by atoms with Crippen molar-refractivity contribution in [1.29, 1.82) is 0 Å². The van der Waals surface area contributed by atoms with Crippen molar-refractivity contribution in [1.82, 2.24) is 19.8 Å². The van der Waals surface area contributed by atoms with E-state index in [2.05, 4.69) is 38.7 Å². The van der Waals surface area contributed by atoms with Crippen LogP contribution in [-0.2, 0) is 16.6 Å². The van der Waals surface area contributed by atoms with Crippen molar-refractivity contribution < 1.29 is 14.3 Å². The smallest absolute Gasteiger partial charge is 0.251 e. The lowest BCUT2D eigenvalue weighted by atomic mass is 9.81. The third kappa shape index (κ3) is 4.25. The van der Waals surface area contributed by atoms with Gasteiger partial charge >= 0.3 is 0 Å². The average Bonchev–Trinajstić information content (AvgIpc) is 3.50. The van der Waals surface area contributed by atoms with Crippen LogP contribution in [0.5, 0.6) is 0 Å². The summed E-state index contributed by atoms with van der Waals surface area (Å²) in [5, 5.41) is 6.90. The van der Waals surface area contributed by atoms with Crippen LogP contribution >= 0.6 is 0 Å². The van der Waals surface area contributed by atoms with Gasteiger partial charge in [0.25, 0.3) is 5.91 Å². The van der Waals surface area contributed by atoms with Gasteiger partial charge in [-0.3, -0.25) is 9.59 Å². The Bertz CT molecular complexity index is 1370. The molecule has 3 heterocycles. The summed E-state index contributed by atoms with van der Waals surface area (Å²) in [6, 6.07) is 14.0. The van der Waals surface area contributed by atoms with Crippen molar-refractivity contribution in [2.24, 2.45) is 18.9 Å². The Hall–Kier alpha value is -3.39. The number of hydrogen-bond acceptors (Lipinski definition) is 5. The number of benzene rings is 2. The molecule has 3 aromatic rings. The molecule has 1 saturated carbocycles. The Labute approximate surface area is 223 Å². The molecule has 200 valence electrons. The predicted octanol–water partition coefficient (Wildman–Crippen LogP) is 4.20. The van der Waals surface area contributed by atoms with E-state index in [4.69, 9.17) is 4.74 Å². The van der Waals surface area contributed by atoms with Crippen molar-refractivity contribution in [3.63, 3.8) is 0 Å². The molecule has 1 aromatic heterocycles. The summed E-state index contributed by atoms with van der Waals surface area (Å²) in [6.07, 6.45) is 4.59. The lowest BCUT2D eigenvalue weighted by Crippen LogP contribution is -2.50. The molecule has 0 spiro atoms. The maximum Gasteiger partial charge on any atom is 0.251 e. The van der Waals surface area contributed by atoms with Crippen molar-refractivity contribution in [2.45, 2.75) is 57.2 Å². The first-order valence-electron chi connectivity index (χ1n) is 13.8. The zero-order valence-corrected chi connectivity index (χ0v) is 22.4. The molecule has 2 aromatic carbocycles. The minimum Gasteiger partial charge on any atom is -0.383 e. The molecule has 8 heteroatoms. The monoisotopic (exact) mass is 515 g/mol. The molecule has 0 unspecified atom stereocenters. The molecule has 2 fully saturated rings. The number of anilines is 1. The minimum absolute atomic E-state index is 0.0354. The van der Waals surface area contributed by atoms with Gasteiger partial charge in [0.05, 0.1) is 35.6 Å². The first-order valence-corrected chi connectivity index (χ1v) is 13.8. The van der Waals surface area contributed by atoms with Gasteiger partial charge in [0.15, 0.2) is 0 Å². The normalized spacial score (nSPS) is 26.5. The van der Waals surface area contributed by atoms with Gasteiger partial charge < -0.3 is 24.8 Å². The van der Waals surface area contributed by atoms with Crippen LogP contribution < -0.4 is 10.6 Å². The second-order valence-electron chi connectivity index (χ2n) is 11.1. The molecule has 6 rings (SSSR count). The van der Waals surface area contributed by atoms with E-state index in [1.165, 1.54) is 5.56 Å². The standard InChI is InChI=1S/C30H37N5O3/c1-18-31-25-16-19(12-13-27(25)34(18)2)29(36)33-24-11-7-5-9-22(24)30(37)35-15-14-21-26(17-38-3)32-23-10-6-4-8-20(23)28(21)35/h4,6,8,10,12-13,16,21-22,24,26,28,32H,5,7,9,11,14-15,17H2,1-3H3,(H,33,36)/t21-,22+,24-,26+,28+/m1/s1. The predicted molar refractivity (Wildman–Crippen MR) is 147 cm³/mol. The lowest BCUT2D eigenvalue weighted by Gasteiger charge is -2.41. The van der Waals surface area contributed by atoms with Crippen LogP contribution in [0, 0.1) is 18.8 Å². The van der Waals surface area contributed by atoms with Crippen molar-refractivity contribution in [3.05, 3.63) is 59.4 Å². The van der Waals surface area contributed by atoms with E-state index in [9.17, 15) is 9.59 Å². The topological polar surface area (TPSA) is 88.5 Å². The Morgan fingerprint density at radius 3 is 2.79 bits per heavy atom. The van der Waals surface area contributed by atoms with Gasteiger partial charge in [-0.25, -0.2) is 4.98 Å². The van der Waals surface area contributed by atoms with E-state index in [-0.39, 0.29) is 35.9 Å². The first kappa shape index (κ1) is 24.9. The number of carbonyl (C=O) groups excluding carboxylic acids is 2. The summed E-state index contributed by atoms with van der Waals surface area (Å²) in [7, 11) is 3.71. The summed E-state index contributed by atoms with van der Waals surface area (Å²) >= 11 is 0. The fourth-order valence-electron chi connectivity index (χ4n) is 6.95. The Balaban J connectivity index is 1.23. The quantitative estimate of drug-likeness (QED) is 0.532. The average molecular weight is 516 g/mol. The van der Waals surface area contributed by atoms with Crippen LogP contribution in [0.2, 0.25) is 0 Å². The Kier molecular flexibility index (Phi) is 6.60. The summed E-state index contributed by atoms with van der Waals surface area (Å²) in [4.78, 5) is 34.2. The van der Waals surface area contributed by atoms with Gasteiger partial charge in [-0.2, -0.15) is 0 Å². The zero-order valence-electron chi connectivity index (χ0n) is 22.4. The minimum atomic E-state index is -0.213. The number of amides is 2. The SMILES string of the molecule is COC[C@@H]1Nc2ccccc2[C@H]2[C@@H]1CCN2C(=O)[C@H]1CCCC[C@H]1NC(=O)c1ccc2c(c1)nc(C)n2C. The third-order valence-corrected chi connectivity index (χ3v) is 8.98. The maximum absolute atomic E-state index is 14.2. The molecule has 3 aliphatic rings. The van der Waals surface area contributed by atoms with Gasteiger partial charge in [-0.1, -0.05) is 31.0 Å². The number of nitrogens with zero attached hydrogens (tertiary/aromatic N) is 3.